The summed E-state index contributed by atoms with van der Waals surface area (Å²) in [5.41, 5.74) is 2.26. The number of hydrogen-bond acceptors (Lipinski definition) is 3. The Morgan fingerprint density at radius 2 is 2.19 bits per heavy atom. The molecule has 1 aromatic rings. The van der Waals surface area contributed by atoms with E-state index in [1.807, 2.05) is 0 Å². The van der Waals surface area contributed by atoms with E-state index in [1.54, 1.807) is 6.33 Å². The molecule has 5 atom stereocenters. The van der Waals surface area contributed by atoms with Crippen LogP contribution >= 0.6 is 0 Å². The molecular weight excluding hydrogens is 264 g/mol. The number of nitrogens with zero attached hydrogens (tertiary/aromatic N) is 1. The van der Waals surface area contributed by atoms with Crippen molar-refractivity contribution in [2.45, 2.75) is 51.1 Å². The second-order valence-corrected chi connectivity index (χ2v) is 7.08. The van der Waals surface area contributed by atoms with Gasteiger partial charge in [0.15, 0.2) is 0 Å². The molecular formula is C16H24N4O. The molecule has 0 radical (unpaired) electrons. The highest BCUT2D eigenvalue weighted by atomic mass is 16.2. The van der Waals surface area contributed by atoms with E-state index in [2.05, 4.69) is 27.5 Å². The summed E-state index contributed by atoms with van der Waals surface area (Å²) in [6.07, 6.45) is 7.44. The van der Waals surface area contributed by atoms with Gasteiger partial charge in [0, 0.05) is 24.7 Å². The maximum absolute atomic E-state index is 12.6. The zero-order valence-corrected chi connectivity index (χ0v) is 12.6. The highest BCUT2D eigenvalue weighted by Gasteiger charge is 2.43. The molecule has 2 aliphatic heterocycles. The molecule has 1 saturated carbocycles. The molecule has 0 spiro atoms. The van der Waals surface area contributed by atoms with Gasteiger partial charge in [0.1, 0.15) is 0 Å². The first kappa shape index (κ1) is 13.3. The van der Waals surface area contributed by atoms with Crippen LogP contribution in [0.2, 0.25) is 0 Å². The first-order valence-electron chi connectivity index (χ1n) is 8.28. The maximum atomic E-state index is 12.6. The lowest BCUT2D eigenvalue weighted by Crippen LogP contribution is -2.55. The minimum Gasteiger partial charge on any atom is -0.353 e. The average molecular weight is 288 g/mol. The van der Waals surface area contributed by atoms with Gasteiger partial charge in [-0.05, 0) is 31.1 Å². The van der Waals surface area contributed by atoms with Crippen LogP contribution in [0.3, 0.4) is 0 Å². The van der Waals surface area contributed by atoms with Crippen LogP contribution < -0.4 is 10.6 Å². The molecule has 21 heavy (non-hydrogen) atoms. The highest BCUT2D eigenvalue weighted by molar-refractivity contribution is 5.81. The fraction of sp³-hybridized carbons (Fsp3) is 0.750. The lowest BCUT2D eigenvalue weighted by Gasteiger charge is -2.44. The number of amides is 1. The molecule has 1 amide bonds. The number of piperidine rings is 1. The van der Waals surface area contributed by atoms with E-state index in [9.17, 15) is 4.79 Å². The first-order valence-corrected chi connectivity index (χ1v) is 8.28. The van der Waals surface area contributed by atoms with Crippen LogP contribution in [0, 0.1) is 17.8 Å². The van der Waals surface area contributed by atoms with E-state index in [4.69, 9.17) is 0 Å². The van der Waals surface area contributed by atoms with E-state index in [0.717, 1.165) is 37.4 Å². The summed E-state index contributed by atoms with van der Waals surface area (Å²) in [6, 6.07) is 0.486. The summed E-state index contributed by atoms with van der Waals surface area (Å²) in [5, 5.41) is 6.82. The minimum atomic E-state index is 0.0296. The molecule has 0 aromatic carbocycles. The number of carbonyl (C=O) groups excluding carboxylic acids is 1. The van der Waals surface area contributed by atoms with Crippen molar-refractivity contribution < 1.29 is 4.79 Å². The number of carbonyl (C=O) groups is 1. The van der Waals surface area contributed by atoms with Gasteiger partial charge in [0.05, 0.1) is 24.0 Å². The van der Waals surface area contributed by atoms with Gasteiger partial charge in [-0.25, -0.2) is 4.98 Å². The second-order valence-electron chi connectivity index (χ2n) is 7.08. The fourth-order valence-electron chi connectivity index (χ4n) is 4.49. The van der Waals surface area contributed by atoms with Crippen molar-refractivity contribution in [1.29, 1.82) is 0 Å². The van der Waals surface area contributed by atoms with Gasteiger partial charge >= 0.3 is 0 Å². The second kappa shape index (κ2) is 5.13. The Kier molecular flexibility index (Phi) is 3.25. The Morgan fingerprint density at radius 3 is 3.10 bits per heavy atom. The van der Waals surface area contributed by atoms with Gasteiger partial charge < -0.3 is 15.6 Å². The Balaban J connectivity index is 1.56. The molecule has 0 bridgehead atoms. The summed E-state index contributed by atoms with van der Waals surface area (Å²) in [6.45, 7) is 3.22. The van der Waals surface area contributed by atoms with Crippen LogP contribution in [0.5, 0.6) is 0 Å². The standard InChI is InChI=1S/C16H24N4O/c1-9-2-3-10-7-11(16(21)20-13(10)6-9)14-15-12(4-5-17-14)18-8-19-15/h8-11,13-14,17H,2-7H2,1H3,(H,18,19)(H,20,21). The van der Waals surface area contributed by atoms with Crippen molar-refractivity contribution in [2.75, 3.05) is 6.54 Å². The Bertz CT molecular complexity index is 540. The summed E-state index contributed by atoms with van der Waals surface area (Å²) in [4.78, 5) is 20.3. The van der Waals surface area contributed by atoms with E-state index in [0.29, 0.717) is 12.0 Å². The predicted octanol–water partition coefficient (Wildman–Crippen LogP) is 1.54. The number of imidazole rings is 1. The van der Waals surface area contributed by atoms with Crippen LogP contribution in [0.25, 0.3) is 0 Å². The number of fused-ring (bicyclic) bond motifs is 2. The van der Waals surface area contributed by atoms with Gasteiger partial charge in [-0.2, -0.15) is 0 Å². The Labute approximate surface area is 125 Å². The Hall–Kier alpha value is -1.36. The van der Waals surface area contributed by atoms with Crippen molar-refractivity contribution in [1.82, 2.24) is 20.6 Å². The molecule has 5 nitrogen and oxygen atoms in total. The van der Waals surface area contributed by atoms with Crippen molar-refractivity contribution in [2.24, 2.45) is 17.8 Å². The average Bonchev–Trinajstić information content (AvgIpc) is 2.95. The highest BCUT2D eigenvalue weighted by Crippen LogP contribution is 2.40. The number of aromatic nitrogens is 2. The maximum Gasteiger partial charge on any atom is 0.225 e. The number of hydrogen-bond donors (Lipinski definition) is 3. The number of H-pyrrole nitrogens is 1. The number of nitrogens with one attached hydrogen (secondary N) is 3. The predicted molar refractivity (Wildman–Crippen MR) is 79.6 cm³/mol. The largest absolute Gasteiger partial charge is 0.353 e. The number of aromatic amines is 1. The molecule has 3 N–H and O–H groups in total. The third kappa shape index (κ3) is 2.27. The topological polar surface area (TPSA) is 69.8 Å². The summed E-state index contributed by atoms with van der Waals surface area (Å²) in [7, 11) is 0. The quantitative estimate of drug-likeness (QED) is 0.734. The lowest BCUT2D eigenvalue weighted by molar-refractivity contribution is -0.131. The zero-order valence-electron chi connectivity index (χ0n) is 12.6. The molecule has 3 heterocycles. The van der Waals surface area contributed by atoms with Gasteiger partial charge in [-0.3, -0.25) is 4.79 Å². The van der Waals surface area contributed by atoms with E-state index >= 15 is 0 Å². The van der Waals surface area contributed by atoms with Crippen molar-refractivity contribution in [3.8, 4) is 0 Å². The molecule has 2 fully saturated rings. The van der Waals surface area contributed by atoms with Crippen LogP contribution in [0.15, 0.2) is 6.33 Å². The minimum absolute atomic E-state index is 0.0296. The van der Waals surface area contributed by atoms with Crippen molar-refractivity contribution in [3.05, 3.63) is 17.7 Å². The zero-order chi connectivity index (χ0) is 14.4. The van der Waals surface area contributed by atoms with Crippen LogP contribution in [-0.4, -0.2) is 28.5 Å². The van der Waals surface area contributed by atoms with Gasteiger partial charge in [-0.15, -0.1) is 0 Å². The van der Waals surface area contributed by atoms with Gasteiger partial charge in [0.25, 0.3) is 0 Å². The van der Waals surface area contributed by atoms with Crippen LogP contribution in [0.1, 0.15) is 50.0 Å². The third-order valence-electron chi connectivity index (χ3n) is 5.66. The molecule has 1 saturated heterocycles. The smallest absolute Gasteiger partial charge is 0.225 e. The van der Waals surface area contributed by atoms with Gasteiger partial charge in [0.2, 0.25) is 5.91 Å². The van der Waals surface area contributed by atoms with Gasteiger partial charge in [-0.1, -0.05) is 13.3 Å². The first-order chi connectivity index (χ1) is 10.2. The summed E-state index contributed by atoms with van der Waals surface area (Å²) >= 11 is 0. The van der Waals surface area contributed by atoms with E-state index < -0.39 is 0 Å². The molecule has 114 valence electrons. The lowest BCUT2D eigenvalue weighted by atomic mass is 9.70. The fourth-order valence-corrected chi connectivity index (χ4v) is 4.49. The SMILES string of the molecule is CC1CCC2CC(C3NCCc4[nH]cnc43)C(=O)NC2C1. The van der Waals surface area contributed by atoms with Crippen molar-refractivity contribution in [3.63, 3.8) is 0 Å². The monoisotopic (exact) mass is 288 g/mol. The molecule has 1 aromatic heterocycles. The van der Waals surface area contributed by atoms with E-state index in [1.165, 1.54) is 18.5 Å². The molecule has 4 rings (SSSR count). The molecule has 3 aliphatic rings. The molecule has 1 aliphatic carbocycles. The number of rotatable bonds is 1. The van der Waals surface area contributed by atoms with Crippen LogP contribution in [0.4, 0.5) is 0 Å². The summed E-state index contributed by atoms with van der Waals surface area (Å²) < 4.78 is 0. The third-order valence-corrected chi connectivity index (χ3v) is 5.66. The van der Waals surface area contributed by atoms with E-state index in [-0.39, 0.29) is 17.9 Å². The van der Waals surface area contributed by atoms with Crippen LogP contribution in [-0.2, 0) is 11.2 Å². The summed E-state index contributed by atoms with van der Waals surface area (Å²) in [5.74, 6) is 1.64. The normalized spacial score (nSPS) is 39.3. The molecule has 5 heteroatoms. The Morgan fingerprint density at radius 1 is 1.29 bits per heavy atom. The molecule has 5 unspecified atom stereocenters. The van der Waals surface area contributed by atoms with Crippen molar-refractivity contribution >= 4 is 5.91 Å².